The number of carbonyl (C=O) groups is 1. The number of aromatic nitrogens is 1. The summed E-state index contributed by atoms with van der Waals surface area (Å²) in [4.78, 5) is 16.7. The number of carbonyl (C=O) groups excluding carboxylic acids is 1. The first-order valence-corrected chi connectivity index (χ1v) is 8.73. The molecule has 1 fully saturated rings. The Morgan fingerprint density at radius 2 is 2.08 bits per heavy atom. The van der Waals surface area contributed by atoms with Gasteiger partial charge in [0.2, 0.25) is 5.91 Å². The van der Waals surface area contributed by atoms with E-state index in [1.807, 2.05) is 36.4 Å². The molecule has 2 aromatic carbocycles. The van der Waals surface area contributed by atoms with E-state index in [4.69, 9.17) is 4.42 Å². The zero-order valence-electron chi connectivity index (χ0n) is 14.4. The van der Waals surface area contributed by atoms with Crippen molar-refractivity contribution in [2.75, 3.05) is 11.9 Å². The monoisotopic (exact) mass is 371 g/mol. The van der Waals surface area contributed by atoms with E-state index in [-0.39, 0.29) is 18.3 Å². The van der Waals surface area contributed by atoms with Crippen LogP contribution in [0.2, 0.25) is 0 Å². The van der Waals surface area contributed by atoms with E-state index in [0.29, 0.717) is 30.4 Å². The molecule has 3 aromatic rings. The third kappa shape index (κ3) is 4.42. The van der Waals surface area contributed by atoms with Crippen molar-refractivity contribution in [2.24, 2.45) is 0 Å². The maximum Gasteiger partial charge on any atom is 0.225 e. The lowest BCUT2D eigenvalue weighted by molar-refractivity contribution is -0.116. The van der Waals surface area contributed by atoms with Gasteiger partial charge in [-0.05, 0) is 37.1 Å². The third-order valence-corrected chi connectivity index (χ3v) is 4.51. The normalized spacial score (nSPS) is 16.4. The number of rotatable bonds is 5. The van der Waals surface area contributed by atoms with Crippen LogP contribution >= 0.6 is 12.4 Å². The summed E-state index contributed by atoms with van der Waals surface area (Å²) in [6.45, 7) is 1.01. The molecule has 2 heterocycles. The van der Waals surface area contributed by atoms with Gasteiger partial charge >= 0.3 is 0 Å². The SMILES string of the molecule is Cl.O=C(CC1CCCN1)Nc1ccc2nc(Cc3ccccc3)oc2c1. The first kappa shape index (κ1) is 18.4. The molecule has 2 N–H and O–H groups in total. The summed E-state index contributed by atoms with van der Waals surface area (Å²) < 4.78 is 5.85. The number of hydrogen-bond donors (Lipinski definition) is 2. The number of nitrogens with zero attached hydrogens (tertiary/aromatic N) is 1. The highest BCUT2D eigenvalue weighted by atomic mass is 35.5. The van der Waals surface area contributed by atoms with Gasteiger partial charge in [-0.25, -0.2) is 4.98 Å². The van der Waals surface area contributed by atoms with Crippen LogP contribution < -0.4 is 10.6 Å². The van der Waals surface area contributed by atoms with Gasteiger partial charge in [0.1, 0.15) is 5.52 Å². The summed E-state index contributed by atoms with van der Waals surface area (Å²) in [6.07, 6.45) is 3.38. The summed E-state index contributed by atoms with van der Waals surface area (Å²) in [7, 11) is 0. The largest absolute Gasteiger partial charge is 0.440 e. The summed E-state index contributed by atoms with van der Waals surface area (Å²) >= 11 is 0. The average molecular weight is 372 g/mol. The van der Waals surface area contributed by atoms with Crippen LogP contribution in [0.25, 0.3) is 11.1 Å². The highest BCUT2D eigenvalue weighted by Crippen LogP contribution is 2.22. The van der Waals surface area contributed by atoms with Crippen LogP contribution in [0, 0.1) is 0 Å². The van der Waals surface area contributed by atoms with Crippen LogP contribution in [0.4, 0.5) is 5.69 Å². The highest BCUT2D eigenvalue weighted by Gasteiger charge is 2.18. The molecule has 5 nitrogen and oxygen atoms in total. The molecule has 6 heteroatoms. The van der Waals surface area contributed by atoms with Crippen molar-refractivity contribution in [1.29, 1.82) is 0 Å². The van der Waals surface area contributed by atoms with Crippen LogP contribution in [0.1, 0.15) is 30.7 Å². The van der Waals surface area contributed by atoms with Gasteiger partial charge in [0.05, 0.1) is 0 Å². The van der Waals surface area contributed by atoms with Gasteiger partial charge in [0.25, 0.3) is 0 Å². The second-order valence-electron chi connectivity index (χ2n) is 6.50. The molecule has 1 unspecified atom stereocenters. The molecule has 0 radical (unpaired) electrons. The van der Waals surface area contributed by atoms with E-state index >= 15 is 0 Å². The second-order valence-corrected chi connectivity index (χ2v) is 6.50. The Labute approximate surface area is 158 Å². The number of oxazole rings is 1. The fourth-order valence-electron chi connectivity index (χ4n) is 3.26. The van der Waals surface area contributed by atoms with Crippen molar-refractivity contribution in [2.45, 2.75) is 31.7 Å². The molecule has 26 heavy (non-hydrogen) atoms. The first-order valence-electron chi connectivity index (χ1n) is 8.73. The third-order valence-electron chi connectivity index (χ3n) is 4.51. The smallest absolute Gasteiger partial charge is 0.225 e. The zero-order valence-corrected chi connectivity index (χ0v) is 15.2. The lowest BCUT2D eigenvalue weighted by Crippen LogP contribution is -2.27. The Morgan fingerprint density at radius 1 is 1.23 bits per heavy atom. The first-order chi connectivity index (χ1) is 12.3. The molecular formula is C20H22ClN3O2. The number of benzene rings is 2. The van der Waals surface area contributed by atoms with Crippen LogP contribution in [0.5, 0.6) is 0 Å². The minimum absolute atomic E-state index is 0. The Hall–Kier alpha value is -2.37. The number of hydrogen-bond acceptors (Lipinski definition) is 4. The predicted molar refractivity (Wildman–Crippen MR) is 105 cm³/mol. The van der Waals surface area contributed by atoms with E-state index in [9.17, 15) is 4.79 Å². The Morgan fingerprint density at radius 3 is 2.85 bits per heavy atom. The maximum absolute atomic E-state index is 12.2. The van der Waals surface area contributed by atoms with Crippen molar-refractivity contribution < 1.29 is 9.21 Å². The summed E-state index contributed by atoms with van der Waals surface area (Å²) in [5, 5.41) is 6.29. The van der Waals surface area contributed by atoms with Crippen LogP contribution in [0.15, 0.2) is 52.9 Å². The molecule has 1 atom stereocenters. The van der Waals surface area contributed by atoms with Gasteiger partial charge in [-0.2, -0.15) is 0 Å². The predicted octanol–water partition coefficient (Wildman–Crippen LogP) is 3.92. The van der Waals surface area contributed by atoms with Crippen molar-refractivity contribution in [1.82, 2.24) is 10.3 Å². The lowest BCUT2D eigenvalue weighted by atomic mass is 10.1. The Balaban J connectivity index is 0.00000196. The average Bonchev–Trinajstić information content (AvgIpc) is 3.24. The minimum atomic E-state index is 0. The molecule has 1 saturated heterocycles. The van der Waals surface area contributed by atoms with Crippen molar-refractivity contribution in [3.8, 4) is 0 Å². The van der Waals surface area contributed by atoms with Crippen LogP contribution in [-0.4, -0.2) is 23.5 Å². The minimum Gasteiger partial charge on any atom is -0.440 e. The number of nitrogens with one attached hydrogen (secondary N) is 2. The molecule has 0 aliphatic carbocycles. The molecule has 4 rings (SSSR count). The van der Waals surface area contributed by atoms with E-state index in [1.54, 1.807) is 0 Å². The van der Waals surface area contributed by atoms with E-state index in [2.05, 4.69) is 27.8 Å². The van der Waals surface area contributed by atoms with Gasteiger partial charge in [0, 0.05) is 30.6 Å². The van der Waals surface area contributed by atoms with E-state index < -0.39 is 0 Å². The molecular weight excluding hydrogens is 350 g/mol. The quantitative estimate of drug-likeness (QED) is 0.713. The van der Waals surface area contributed by atoms with Crippen molar-refractivity contribution in [3.63, 3.8) is 0 Å². The van der Waals surface area contributed by atoms with Gasteiger partial charge in [0.15, 0.2) is 11.5 Å². The van der Waals surface area contributed by atoms with Gasteiger partial charge in [-0.3, -0.25) is 4.79 Å². The standard InChI is InChI=1S/C20H21N3O2.ClH/c24-19(13-15-7-4-10-21-15)22-16-8-9-17-18(12-16)25-20(23-17)11-14-5-2-1-3-6-14;/h1-3,5-6,8-9,12,15,21H,4,7,10-11,13H2,(H,22,24);1H. The number of halogens is 1. The zero-order chi connectivity index (χ0) is 17.1. The molecule has 0 spiro atoms. The summed E-state index contributed by atoms with van der Waals surface area (Å²) in [5.74, 6) is 0.711. The molecule has 0 saturated carbocycles. The molecule has 1 aliphatic rings. The van der Waals surface area contributed by atoms with Crippen molar-refractivity contribution >= 4 is 35.1 Å². The fraction of sp³-hybridized carbons (Fsp3) is 0.300. The molecule has 1 aromatic heterocycles. The Bertz CT molecular complexity index is 873. The second kappa shape index (κ2) is 8.34. The van der Waals surface area contributed by atoms with Gasteiger partial charge < -0.3 is 15.1 Å². The Kier molecular flexibility index (Phi) is 5.91. The summed E-state index contributed by atoms with van der Waals surface area (Å²) in [6, 6.07) is 16.0. The van der Waals surface area contributed by atoms with Gasteiger partial charge in [-0.15, -0.1) is 12.4 Å². The van der Waals surface area contributed by atoms with Crippen LogP contribution in [0.3, 0.4) is 0 Å². The van der Waals surface area contributed by atoms with Crippen LogP contribution in [-0.2, 0) is 11.2 Å². The highest BCUT2D eigenvalue weighted by molar-refractivity contribution is 5.93. The molecule has 1 aliphatic heterocycles. The van der Waals surface area contributed by atoms with Crippen molar-refractivity contribution in [3.05, 3.63) is 60.0 Å². The summed E-state index contributed by atoms with van der Waals surface area (Å²) in [5.41, 5.74) is 3.41. The lowest BCUT2D eigenvalue weighted by Gasteiger charge is -2.10. The van der Waals surface area contributed by atoms with E-state index in [0.717, 1.165) is 36.2 Å². The fourth-order valence-corrected chi connectivity index (χ4v) is 3.26. The molecule has 1 amide bonds. The number of anilines is 1. The van der Waals surface area contributed by atoms with Gasteiger partial charge in [-0.1, -0.05) is 30.3 Å². The number of fused-ring (bicyclic) bond motifs is 1. The number of amides is 1. The van der Waals surface area contributed by atoms with E-state index in [1.165, 1.54) is 0 Å². The molecule has 136 valence electrons. The molecule has 0 bridgehead atoms. The maximum atomic E-state index is 12.2. The topological polar surface area (TPSA) is 67.2 Å².